The number of nitriles is 1. The highest BCUT2D eigenvalue weighted by Crippen LogP contribution is 2.37. The molecular formula is C20H23FN2O3. The number of aliphatic hydroxyl groups excluding tert-OH is 1. The van der Waals surface area contributed by atoms with Crippen molar-refractivity contribution in [3.63, 3.8) is 0 Å². The van der Waals surface area contributed by atoms with Crippen LogP contribution in [0.5, 0.6) is 0 Å². The van der Waals surface area contributed by atoms with E-state index in [1.807, 2.05) is 6.07 Å². The molecule has 0 amide bonds. The van der Waals surface area contributed by atoms with E-state index in [4.69, 9.17) is 5.26 Å². The molecule has 0 saturated carbocycles. The summed E-state index contributed by atoms with van der Waals surface area (Å²) in [6, 6.07) is 12.2. The van der Waals surface area contributed by atoms with Crippen molar-refractivity contribution in [3.8, 4) is 6.07 Å². The van der Waals surface area contributed by atoms with E-state index >= 15 is 0 Å². The Balaban J connectivity index is 2.50. The minimum atomic E-state index is -1.51. The first-order valence-corrected chi connectivity index (χ1v) is 8.36. The molecular weight excluding hydrogens is 335 g/mol. The van der Waals surface area contributed by atoms with Crippen LogP contribution >= 0.6 is 0 Å². The number of aliphatic hydroxyl groups is 2. The number of nitrogens with zero attached hydrogens (tertiary/aromatic N) is 2. The third-order valence-corrected chi connectivity index (χ3v) is 4.41. The highest BCUT2D eigenvalue weighted by Gasteiger charge is 2.33. The molecule has 1 atom stereocenters. The van der Waals surface area contributed by atoms with E-state index < -0.39 is 16.1 Å². The number of hydroxylamine groups is 3. The molecule has 0 spiro atoms. The molecule has 0 aromatic heterocycles. The molecule has 1 unspecified atom stereocenters. The monoisotopic (exact) mass is 358 g/mol. The minimum absolute atomic E-state index is 0.224. The van der Waals surface area contributed by atoms with Gasteiger partial charge in [-0.2, -0.15) is 5.26 Å². The van der Waals surface area contributed by atoms with Gasteiger partial charge in [0.1, 0.15) is 11.4 Å². The van der Waals surface area contributed by atoms with E-state index in [1.165, 1.54) is 44.4 Å². The van der Waals surface area contributed by atoms with E-state index in [9.17, 15) is 19.8 Å². The van der Waals surface area contributed by atoms with Crippen molar-refractivity contribution < 1.29 is 19.2 Å². The van der Waals surface area contributed by atoms with E-state index in [2.05, 4.69) is 0 Å². The molecule has 2 aromatic carbocycles. The largest absolute Gasteiger partial charge is 0.633 e. The second-order valence-electron chi connectivity index (χ2n) is 6.91. The zero-order valence-electron chi connectivity index (χ0n) is 14.9. The molecule has 0 aliphatic carbocycles. The first-order valence-electron chi connectivity index (χ1n) is 8.36. The number of hydrogen-bond donors (Lipinski definition) is 2. The first kappa shape index (κ1) is 20.0. The Morgan fingerprint density at radius 3 is 2.38 bits per heavy atom. The number of halogens is 1. The summed E-state index contributed by atoms with van der Waals surface area (Å²) in [4.78, 5) is 0. The van der Waals surface area contributed by atoms with Crippen LogP contribution in [-0.4, -0.2) is 35.5 Å². The topological polar surface area (TPSA) is 87.3 Å². The van der Waals surface area contributed by atoms with Gasteiger partial charge in [-0.15, -0.1) is 0 Å². The zero-order chi connectivity index (χ0) is 19.4. The van der Waals surface area contributed by atoms with Crippen LogP contribution in [0.15, 0.2) is 42.5 Å². The predicted molar refractivity (Wildman–Crippen MR) is 96.1 cm³/mol. The maximum atomic E-state index is 13.3. The Morgan fingerprint density at radius 1 is 1.19 bits per heavy atom. The van der Waals surface area contributed by atoms with Gasteiger partial charge >= 0.3 is 0 Å². The molecule has 0 bridgehead atoms. The van der Waals surface area contributed by atoms with Crippen molar-refractivity contribution in [1.82, 2.24) is 0 Å². The van der Waals surface area contributed by atoms with Crippen LogP contribution in [0.1, 0.15) is 35.1 Å². The van der Waals surface area contributed by atoms with Gasteiger partial charge in [0.15, 0.2) is 0 Å². The molecule has 5 nitrogen and oxygen atoms in total. The molecule has 2 aromatic rings. The van der Waals surface area contributed by atoms with Crippen LogP contribution in [0.25, 0.3) is 0 Å². The van der Waals surface area contributed by atoms with Gasteiger partial charge in [-0.05, 0) is 47.4 Å². The van der Waals surface area contributed by atoms with Crippen molar-refractivity contribution in [2.24, 2.45) is 0 Å². The van der Waals surface area contributed by atoms with Gasteiger partial charge in [-0.1, -0.05) is 18.2 Å². The molecule has 138 valence electrons. The van der Waals surface area contributed by atoms with Gasteiger partial charge in [0.25, 0.3) is 0 Å². The predicted octanol–water partition coefficient (Wildman–Crippen LogP) is 2.78. The van der Waals surface area contributed by atoms with Crippen molar-refractivity contribution in [3.05, 3.63) is 75.7 Å². The van der Waals surface area contributed by atoms with Crippen molar-refractivity contribution in [2.45, 2.75) is 25.0 Å². The van der Waals surface area contributed by atoms with Crippen LogP contribution in [0.2, 0.25) is 0 Å². The second-order valence-corrected chi connectivity index (χ2v) is 6.91. The zero-order valence-corrected chi connectivity index (χ0v) is 14.9. The van der Waals surface area contributed by atoms with E-state index in [0.717, 1.165) is 0 Å². The van der Waals surface area contributed by atoms with E-state index in [1.54, 1.807) is 12.1 Å². The third-order valence-electron chi connectivity index (χ3n) is 4.41. The molecule has 6 heteroatoms. The van der Waals surface area contributed by atoms with E-state index in [0.29, 0.717) is 35.2 Å². The molecule has 2 rings (SSSR count). The fraction of sp³-hybridized carbons (Fsp3) is 0.350. The molecule has 0 saturated heterocycles. The lowest BCUT2D eigenvalue weighted by molar-refractivity contribution is -0.840. The highest BCUT2D eigenvalue weighted by atomic mass is 19.1. The Hall–Kier alpha value is -2.30. The fourth-order valence-electron chi connectivity index (χ4n) is 3.07. The van der Waals surface area contributed by atoms with Crippen LogP contribution in [-0.2, 0) is 12.2 Å². The quantitative estimate of drug-likeness (QED) is 0.588. The normalized spacial score (nSPS) is 13.9. The maximum Gasteiger partial charge on any atom is 0.123 e. The van der Waals surface area contributed by atoms with E-state index in [-0.39, 0.29) is 13.0 Å². The summed E-state index contributed by atoms with van der Waals surface area (Å²) in [5.74, 6) is -0.421. The molecule has 0 fully saturated rings. The minimum Gasteiger partial charge on any atom is -0.633 e. The van der Waals surface area contributed by atoms with Crippen LogP contribution in [0.4, 0.5) is 4.39 Å². The van der Waals surface area contributed by atoms with Crippen LogP contribution < -0.4 is 0 Å². The van der Waals surface area contributed by atoms with Crippen LogP contribution in [0.3, 0.4) is 0 Å². The summed E-state index contributed by atoms with van der Waals surface area (Å²) in [6.45, 7) is -0.0499. The number of benzene rings is 2. The lowest BCUT2D eigenvalue weighted by Gasteiger charge is -2.36. The van der Waals surface area contributed by atoms with Gasteiger partial charge < -0.3 is 20.1 Å². The summed E-state index contributed by atoms with van der Waals surface area (Å²) >= 11 is 0. The van der Waals surface area contributed by atoms with Gasteiger partial charge in [0.2, 0.25) is 0 Å². The van der Waals surface area contributed by atoms with Gasteiger partial charge in [-0.25, -0.2) is 4.39 Å². The van der Waals surface area contributed by atoms with Gasteiger partial charge in [-0.3, -0.25) is 0 Å². The molecule has 26 heavy (non-hydrogen) atoms. The van der Waals surface area contributed by atoms with Crippen molar-refractivity contribution in [1.29, 1.82) is 5.26 Å². The smallest absolute Gasteiger partial charge is 0.123 e. The summed E-state index contributed by atoms with van der Waals surface area (Å²) in [7, 11) is 3.05. The first-order chi connectivity index (χ1) is 12.2. The van der Waals surface area contributed by atoms with Gasteiger partial charge in [0.05, 0.1) is 38.9 Å². The molecule has 0 radical (unpaired) electrons. The van der Waals surface area contributed by atoms with Crippen LogP contribution in [0, 0.1) is 22.4 Å². The number of quaternary nitrogens is 1. The maximum absolute atomic E-state index is 13.3. The standard InChI is InChI=1S/C20H23FN2O3/c1-23(2,26)11-3-10-20(25,17-5-7-18(21)8-6-17)19-9-4-15(13-22)12-16(19)14-24/h4-9,12,24-25H,3,10-11,14H2,1-2H3. The number of rotatable bonds is 7. The second kappa shape index (κ2) is 7.94. The SMILES string of the molecule is C[N+](C)([O-])CCCC(O)(c1ccc(F)cc1)c1ccc(C#N)cc1CO. The van der Waals surface area contributed by atoms with Crippen molar-refractivity contribution in [2.75, 3.05) is 20.6 Å². The lowest BCUT2D eigenvalue weighted by atomic mass is 9.80. The Bertz CT molecular complexity index is 794. The average molecular weight is 358 g/mol. The molecule has 0 aliphatic heterocycles. The third kappa shape index (κ3) is 4.65. The Labute approximate surface area is 152 Å². The summed E-state index contributed by atoms with van der Waals surface area (Å²) in [6.07, 6.45) is 0.650. The summed E-state index contributed by atoms with van der Waals surface area (Å²) < 4.78 is 12.8. The summed E-state index contributed by atoms with van der Waals surface area (Å²) in [5, 5.41) is 42.1. The molecule has 0 heterocycles. The average Bonchev–Trinajstić information content (AvgIpc) is 2.60. The Kier molecular flexibility index (Phi) is 6.11. The lowest BCUT2D eigenvalue weighted by Crippen LogP contribution is -2.35. The molecule has 0 aliphatic rings. The molecule has 2 N–H and O–H groups in total. The summed E-state index contributed by atoms with van der Waals surface area (Å²) in [5.41, 5.74) is 0.203. The fourth-order valence-corrected chi connectivity index (χ4v) is 3.07. The van der Waals surface area contributed by atoms with Crippen molar-refractivity contribution >= 4 is 0 Å². The number of hydrogen-bond acceptors (Lipinski definition) is 4. The highest BCUT2D eigenvalue weighted by molar-refractivity contribution is 5.45. The van der Waals surface area contributed by atoms with Gasteiger partial charge in [0, 0.05) is 6.42 Å². The Morgan fingerprint density at radius 2 is 1.85 bits per heavy atom.